The maximum absolute atomic E-state index is 12.3. The van der Waals surface area contributed by atoms with Crippen LogP contribution in [0.25, 0.3) is 6.08 Å². The van der Waals surface area contributed by atoms with Crippen molar-refractivity contribution in [3.05, 3.63) is 62.1 Å². The maximum atomic E-state index is 12.3. The number of carbonyl (C=O) groups is 1. The molecule has 0 heterocycles. The molecule has 0 saturated carbocycles. The number of rotatable bonds is 6. The molecule has 0 radical (unpaired) electrons. The summed E-state index contributed by atoms with van der Waals surface area (Å²) in [7, 11) is 0. The lowest BCUT2D eigenvalue weighted by Gasteiger charge is -2.07. The maximum Gasteiger partial charge on any atom is 0.312 e. The van der Waals surface area contributed by atoms with Gasteiger partial charge in [-0.05, 0) is 64.8 Å². The molecule has 9 heteroatoms. The molecule has 2 N–H and O–H groups in total. The smallest absolute Gasteiger partial charge is 0.312 e. The van der Waals surface area contributed by atoms with Crippen LogP contribution in [0.3, 0.4) is 0 Å². The summed E-state index contributed by atoms with van der Waals surface area (Å²) in [6.45, 7) is 2.37. The third kappa shape index (κ3) is 5.05. The normalized spacial score (nSPS) is 10.8. The first-order valence-corrected chi connectivity index (χ1v) is 8.48. The number of phenolic OH excluding ortho intramolecular Hbond substituents is 1. The van der Waals surface area contributed by atoms with Gasteiger partial charge in [0.1, 0.15) is 17.4 Å². The van der Waals surface area contributed by atoms with Crippen molar-refractivity contribution in [2.45, 2.75) is 6.92 Å². The van der Waals surface area contributed by atoms with Crippen LogP contribution in [0.1, 0.15) is 12.5 Å². The molecule has 0 bridgehead atoms. The second-order valence-electron chi connectivity index (χ2n) is 5.21. The van der Waals surface area contributed by atoms with Gasteiger partial charge in [-0.1, -0.05) is 0 Å². The third-order valence-electron chi connectivity index (χ3n) is 3.36. The lowest BCUT2D eigenvalue weighted by Crippen LogP contribution is -2.13. The summed E-state index contributed by atoms with van der Waals surface area (Å²) in [5, 5.41) is 32.5. The van der Waals surface area contributed by atoms with Crippen LogP contribution in [0.5, 0.6) is 11.5 Å². The van der Waals surface area contributed by atoms with Gasteiger partial charge in [-0.15, -0.1) is 0 Å². The van der Waals surface area contributed by atoms with Gasteiger partial charge in [0.2, 0.25) is 5.75 Å². The van der Waals surface area contributed by atoms with Crippen LogP contribution >= 0.6 is 15.9 Å². The number of nitrogens with one attached hydrogen (secondary N) is 1. The number of phenols is 1. The van der Waals surface area contributed by atoms with Crippen molar-refractivity contribution < 1.29 is 19.6 Å². The molecular weight excluding hydrogens is 418 g/mol. The number of halogens is 1. The van der Waals surface area contributed by atoms with Gasteiger partial charge in [0.05, 0.1) is 16.0 Å². The number of carbonyl (C=O) groups excluding carboxylic acids is 1. The topological polar surface area (TPSA) is 125 Å². The molecule has 0 aliphatic rings. The number of nitrogens with zero attached hydrogens (tertiary/aromatic N) is 2. The van der Waals surface area contributed by atoms with Crippen LogP contribution < -0.4 is 10.1 Å². The molecule has 2 rings (SSSR count). The SMILES string of the molecule is CCOc1ccc(NC(=O)C(C#N)=Cc2cc(Br)c(O)c([N+](=O)[O-])c2)cc1. The summed E-state index contributed by atoms with van der Waals surface area (Å²) < 4.78 is 5.38. The molecule has 0 spiro atoms. The highest BCUT2D eigenvalue weighted by molar-refractivity contribution is 9.10. The molecular formula is C18H14BrN3O5. The number of ether oxygens (including phenoxy) is 1. The first-order valence-electron chi connectivity index (χ1n) is 7.68. The zero-order valence-corrected chi connectivity index (χ0v) is 15.7. The van der Waals surface area contributed by atoms with Crippen molar-refractivity contribution in [3.8, 4) is 17.6 Å². The Hall–Kier alpha value is -3.38. The number of nitriles is 1. The summed E-state index contributed by atoms with van der Waals surface area (Å²) in [4.78, 5) is 22.5. The van der Waals surface area contributed by atoms with Crippen LogP contribution in [0.4, 0.5) is 11.4 Å². The molecule has 0 aliphatic carbocycles. The van der Waals surface area contributed by atoms with Crippen LogP contribution in [-0.2, 0) is 4.79 Å². The highest BCUT2D eigenvalue weighted by Gasteiger charge is 2.18. The first kappa shape index (κ1) is 19.9. The molecule has 1 amide bonds. The number of amides is 1. The van der Waals surface area contributed by atoms with E-state index >= 15 is 0 Å². The molecule has 2 aromatic rings. The molecule has 0 saturated heterocycles. The van der Waals surface area contributed by atoms with E-state index in [9.17, 15) is 25.3 Å². The Kier molecular flexibility index (Phi) is 6.51. The molecule has 2 aromatic carbocycles. The number of benzene rings is 2. The fraction of sp³-hybridized carbons (Fsp3) is 0.111. The Balaban J connectivity index is 2.26. The summed E-state index contributed by atoms with van der Waals surface area (Å²) >= 11 is 3.01. The van der Waals surface area contributed by atoms with E-state index in [-0.39, 0.29) is 15.6 Å². The van der Waals surface area contributed by atoms with Crippen LogP contribution in [0.2, 0.25) is 0 Å². The molecule has 0 aliphatic heterocycles. The zero-order valence-electron chi connectivity index (χ0n) is 14.1. The predicted octanol–water partition coefficient (Wildman–Crippen LogP) is 4.01. The standard InChI is InChI=1S/C18H14BrN3O5/c1-2-27-14-5-3-13(4-6-14)21-18(24)12(10-20)7-11-8-15(19)17(23)16(9-11)22(25)26/h3-9,23H,2H2,1H3,(H,21,24). The minimum atomic E-state index is -0.760. The van der Waals surface area contributed by atoms with E-state index in [0.29, 0.717) is 18.0 Å². The fourth-order valence-electron chi connectivity index (χ4n) is 2.14. The van der Waals surface area contributed by atoms with Crippen LogP contribution in [-0.4, -0.2) is 22.5 Å². The zero-order chi connectivity index (χ0) is 20.0. The van der Waals surface area contributed by atoms with Crippen LogP contribution in [0, 0.1) is 21.4 Å². The van der Waals surface area contributed by atoms with E-state index in [4.69, 9.17) is 4.74 Å². The van der Waals surface area contributed by atoms with E-state index in [0.717, 1.165) is 6.07 Å². The average molecular weight is 432 g/mol. The van der Waals surface area contributed by atoms with Crippen molar-refractivity contribution in [2.24, 2.45) is 0 Å². The average Bonchev–Trinajstić information content (AvgIpc) is 2.63. The number of hydrogen-bond acceptors (Lipinski definition) is 6. The van der Waals surface area contributed by atoms with E-state index in [1.54, 1.807) is 30.3 Å². The van der Waals surface area contributed by atoms with Gasteiger partial charge in [-0.25, -0.2) is 0 Å². The van der Waals surface area contributed by atoms with Gasteiger partial charge in [0, 0.05) is 11.8 Å². The first-order chi connectivity index (χ1) is 12.8. The Morgan fingerprint density at radius 2 is 2.07 bits per heavy atom. The monoisotopic (exact) mass is 431 g/mol. The predicted molar refractivity (Wildman–Crippen MR) is 102 cm³/mol. The van der Waals surface area contributed by atoms with Gasteiger partial charge in [0.15, 0.2) is 0 Å². The van der Waals surface area contributed by atoms with Crippen molar-refractivity contribution in [3.63, 3.8) is 0 Å². The third-order valence-corrected chi connectivity index (χ3v) is 3.97. The number of nitro benzene ring substituents is 1. The molecule has 27 heavy (non-hydrogen) atoms. The Bertz CT molecular complexity index is 949. The number of nitro groups is 1. The van der Waals surface area contributed by atoms with Crippen molar-refractivity contribution in [1.29, 1.82) is 5.26 Å². The molecule has 0 atom stereocenters. The highest BCUT2D eigenvalue weighted by Crippen LogP contribution is 2.35. The second-order valence-corrected chi connectivity index (χ2v) is 6.06. The minimum absolute atomic E-state index is 0.0761. The van der Waals surface area contributed by atoms with Crippen LogP contribution in [0.15, 0.2) is 46.4 Å². The van der Waals surface area contributed by atoms with Gasteiger partial charge in [-0.3, -0.25) is 14.9 Å². The summed E-state index contributed by atoms with van der Waals surface area (Å²) in [6, 6.07) is 10.8. The summed E-state index contributed by atoms with van der Waals surface area (Å²) in [5.74, 6) is -0.559. The Morgan fingerprint density at radius 1 is 1.41 bits per heavy atom. The molecule has 138 valence electrons. The van der Waals surface area contributed by atoms with Crippen molar-refractivity contribution in [1.82, 2.24) is 0 Å². The highest BCUT2D eigenvalue weighted by atomic mass is 79.9. The van der Waals surface area contributed by atoms with E-state index in [1.165, 1.54) is 12.1 Å². The quantitative estimate of drug-likeness (QED) is 0.308. The van der Waals surface area contributed by atoms with E-state index < -0.39 is 22.3 Å². The van der Waals surface area contributed by atoms with Gasteiger partial charge in [-0.2, -0.15) is 5.26 Å². The van der Waals surface area contributed by atoms with E-state index in [2.05, 4.69) is 21.2 Å². The lowest BCUT2D eigenvalue weighted by molar-refractivity contribution is -0.386. The summed E-state index contributed by atoms with van der Waals surface area (Å²) in [6.07, 6.45) is 1.20. The fourth-order valence-corrected chi connectivity index (χ4v) is 2.61. The molecule has 8 nitrogen and oxygen atoms in total. The number of aromatic hydroxyl groups is 1. The second kappa shape index (κ2) is 8.82. The van der Waals surface area contributed by atoms with Gasteiger partial charge < -0.3 is 15.2 Å². The van der Waals surface area contributed by atoms with E-state index in [1.807, 2.05) is 6.92 Å². The van der Waals surface area contributed by atoms with Gasteiger partial charge >= 0.3 is 5.69 Å². The minimum Gasteiger partial charge on any atom is -0.501 e. The molecule has 0 unspecified atom stereocenters. The lowest BCUT2D eigenvalue weighted by atomic mass is 10.1. The number of anilines is 1. The molecule has 0 aromatic heterocycles. The summed E-state index contributed by atoms with van der Waals surface area (Å²) in [5.41, 5.74) is -0.122. The van der Waals surface area contributed by atoms with Crippen molar-refractivity contribution >= 4 is 39.3 Å². The van der Waals surface area contributed by atoms with Gasteiger partial charge in [0.25, 0.3) is 5.91 Å². The Morgan fingerprint density at radius 3 is 2.63 bits per heavy atom. The number of hydrogen-bond donors (Lipinski definition) is 2. The molecule has 0 fully saturated rings. The largest absolute Gasteiger partial charge is 0.501 e. The Labute approximate surface area is 163 Å². The van der Waals surface area contributed by atoms with Crippen molar-refractivity contribution in [2.75, 3.05) is 11.9 Å².